The van der Waals surface area contributed by atoms with Gasteiger partial charge in [-0.05, 0) is 43.9 Å². The van der Waals surface area contributed by atoms with E-state index < -0.39 is 19.5 Å². The van der Waals surface area contributed by atoms with Crippen molar-refractivity contribution in [3.8, 4) is 11.3 Å². The normalized spacial score (nSPS) is 17.4. The first-order valence-electron chi connectivity index (χ1n) is 8.23. The number of halogens is 1. The van der Waals surface area contributed by atoms with Crippen LogP contribution in [0.3, 0.4) is 0 Å². The van der Waals surface area contributed by atoms with Gasteiger partial charge in [0.25, 0.3) is 0 Å². The lowest BCUT2D eigenvalue weighted by Crippen LogP contribution is -2.31. The van der Waals surface area contributed by atoms with Crippen LogP contribution in [0.1, 0.15) is 24.9 Å². The smallest absolute Gasteiger partial charge is 0.207 e. The summed E-state index contributed by atoms with van der Waals surface area (Å²) in [7, 11) is 1.61. The van der Waals surface area contributed by atoms with Gasteiger partial charge in [-0.15, -0.1) is 0 Å². The van der Waals surface area contributed by atoms with Gasteiger partial charge in [-0.3, -0.25) is 0 Å². The molecule has 0 atom stereocenters. The predicted octanol–water partition coefficient (Wildman–Crippen LogP) is 3.24. The molecule has 0 aliphatic carbocycles. The molecule has 0 amide bonds. The van der Waals surface area contributed by atoms with Crippen molar-refractivity contribution in [2.45, 2.75) is 20.6 Å². The van der Waals surface area contributed by atoms with E-state index >= 15 is 0 Å². The molecule has 2 aromatic rings. The maximum absolute atomic E-state index is 13.8. The summed E-state index contributed by atoms with van der Waals surface area (Å²) in [6, 6.07) is 5.84. The third-order valence-electron chi connectivity index (χ3n) is 2.82. The first-order valence-corrected chi connectivity index (χ1v) is 5.23. The molecule has 1 nitrogen and oxygen atoms in total. The van der Waals surface area contributed by atoms with Gasteiger partial charge in [0, 0.05) is 19.9 Å². The van der Waals surface area contributed by atoms with E-state index in [1.807, 2.05) is 0 Å². The van der Waals surface area contributed by atoms with Crippen molar-refractivity contribution < 1.29 is 17.2 Å². The monoisotopic (exact) mass is 236 g/mol. The second-order valence-electron chi connectivity index (χ2n) is 4.01. The zero-order chi connectivity index (χ0) is 17.6. The third-order valence-corrected chi connectivity index (χ3v) is 2.82. The number of rotatable bonds is 1. The van der Waals surface area contributed by atoms with Crippen molar-refractivity contribution in [2.75, 3.05) is 0 Å². The molecule has 0 spiro atoms. The van der Waals surface area contributed by atoms with E-state index in [2.05, 4.69) is 0 Å². The maximum Gasteiger partial charge on any atom is 0.212 e. The highest BCUT2D eigenvalue weighted by molar-refractivity contribution is 5.61. The number of hydrogen-bond acceptors (Lipinski definition) is 0. The molecule has 1 heterocycles. The molecule has 0 fully saturated rings. The van der Waals surface area contributed by atoms with E-state index in [9.17, 15) is 4.39 Å². The highest BCUT2D eigenvalue weighted by atomic mass is 19.1. The van der Waals surface area contributed by atoms with E-state index in [4.69, 9.17) is 8.22 Å². The van der Waals surface area contributed by atoms with E-state index in [1.54, 1.807) is 20.0 Å². The number of nitrogens with zero attached hydrogens (tertiary/aromatic N) is 1. The zero-order valence-electron chi connectivity index (χ0n) is 15.7. The number of pyridine rings is 1. The summed E-state index contributed by atoms with van der Waals surface area (Å²) >= 11 is 0. The van der Waals surface area contributed by atoms with Crippen LogP contribution in [0.25, 0.3) is 11.3 Å². The number of hydrogen-bond donors (Lipinski definition) is 0. The van der Waals surface area contributed by atoms with Crippen molar-refractivity contribution in [1.29, 1.82) is 0 Å². The summed E-state index contributed by atoms with van der Waals surface area (Å²) in [5, 5.41) is 0. The Kier molecular flexibility index (Phi) is 1.59. The Morgan fingerprint density at radius 3 is 2.71 bits per heavy atom. The van der Waals surface area contributed by atoms with Crippen molar-refractivity contribution >= 4 is 0 Å². The van der Waals surface area contributed by atoms with Gasteiger partial charge >= 0.3 is 0 Å². The van der Waals surface area contributed by atoms with Crippen LogP contribution in [0.2, 0.25) is 0 Å². The van der Waals surface area contributed by atoms with Crippen molar-refractivity contribution in [2.24, 2.45) is 7.05 Å². The van der Waals surface area contributed by atoms with Crippen LogP contribution in [-0.4, -0.2) is 0 Å². The van der Waals surface area contributed by atoms with Gasteiger partial charge in [0.1, 0.15) is 12.9 Å². The molecular weight excluding hydrogens is 213 g/mol. The van der Waals surface area contributed by atoms with Gasteiger partial charge in [0.2, 0.25) is 5.69 Å². The fourth-order valence-corrected chi connectivity index (χ4v) is 1.80. The molecule has 0 aliphatic heterocycles. The molecular formula is C15H17FN+. The minimum absolute atomic E-state index is 0.224. The Bertz CT molecular complexity index is 749. The molecule has 0 radical (unpaired) electrons. The maximum atomic E-state index is 13.8. The van der Waals surface area contributed by atoms with Crippen molar-refractivity contribution in [3.05, 3.63) is 53.0 Å². The van der Waals surface area contributed by atoms with Gasteiger partial charge in [-0.25, -0.2) is 8.96 Å². The van der Waals surface area contributed by atoms with E-state index in [0.717, 1.165) is 0 Å². The highest BCUT2D eigenvalue weighted by Crippen LogP contribution is 2.23. The second kappa shape index (κ2) is 4.28. The topological polar surface area (TPSA) is 3.88 Å². The van der Waals surface area contributed by atoms with Crippen LogP contribution in [-0.2, 0) is 7.05 Å². The summed E-state index contributed by atoms with van der Waals surface area (Å²) < 4.78 is 60.8. The summed E-state index contributed by atoms with van der Waals surface area (Å²) in [5.41, 5.74) is 0.879. The largest absolute Gasteiger partial charge is 0.212 e. The van der Waals surface area contributed by atoms with Gasteiger partial charge in [0.05, 0.1) is 5.56 Å². The van der Waals surface area contributed by atoms with Gasteiger partial charge < -0.3 is 0 Å². The van der Waals surface area contributed by atoms with Gasteiger partial charge in [0.15, 0.2) is 6.20 Å². The number of aryl methyl sites for hydroxylation is 3. The third kappa shape index (κ3) is 2.07. The standard InChI is InChI=1S/C15H17FN/c1-10-8-15(17(4)9-11(10)2)13-6-5-7-14(16)12(13)3/h5-9H,1-4H3/q+1/i1D3,2D3. The Morgan fingerprint density at radius 1 is 1.24 bits per heavy atom. The lowest BCUT2D eigenvalue weighted by atomic mass is 10.0. The molecule has 0 saturated heterocycles. The highest BCUT2D eigenvalue weighted by Gasteiger charge is 2.15. The van der Waals surface area contributed by atoms with Gasteiger partial charge in [-0.2, -0.15) is 0 Å². The minimum Gasteiger partial charge on any atom is -0.207 e. The predicted molar refractivity (Wildman–Crippen MR) is 67.2 cm³/mol. The molecule has 1 aromatic carbocycles. The van der Waals surface area contributed by atoms with E-state index in [0.29, 0.717) is 16.8 Å². The Hall–Kier alpha value is -1.70. The Morgan fingerprint density at radius 2 is 2.00 bits per heavy atom. The first-order chi connectivity index (χ1) is 10.4. The molecule has 0 N–H and O–H groups in total. The van der Waals surface area contributed by atoms with Crippen molar-refractivity contribution in [1.82, 2.24) is 0 Å². The summed E-state index contributed by atoms with van der Waals surface area (Å²) in [4.78, 5) is 0. The first kappa shape index (κ1) is 6.29. The Balaban J connectivity index is 2.80. The van der Waals surface area contributed by atoms with Gasteiger partial charge in [-0.1, -0.05) is 6.07 Å². The molecule has 0 bridgehead atoms. The summed E-state index contributed by atoms with van der Waals surface area (Å²) in [6.45, 7) is -3.53. The lowest BCUT2D eigenvalue weighted by molar-refractivity contribution is -0.660. The minimum atomic E-state index is -2.58. The van der Waals surface area contributed by atoms with Crippen LogP contribution in [0.4, 0.5) is 4.39 Å². The van der Waals surface area contributed by atoms with Crippen LogP contribution in [0.5, 0.6) is 0 Å². The molecule has 0 aliphatic rings. The lowest BCUT2D eigenvalue weighted by Gasteiger charge is -2.07. The molecule has 2 heteroatoms. The van der Waals surface area contributed by atoms with Crippen LogP contribution in [0.15, 0.2) is 30.5 Å². The average Bonchev–Trinajstić information content (AvgIpc) is 2.39. The van der Waals surface area contributed by atoms with Crippen LogP contribution in [0, 0.1) is 26.4 Å². The molecule has 0 saturated carbocycles. The van der Waals surface area contributed by atoms with E-state index in [-0.39, 0.29) is 11.1 Å². The molecule has 1 aromatic heterocycles. The molecule has 17 heavy (non-hydrogen) atoms. The fraction of sp³-hybridized carbons (Fsp3) is 0.267. The zero-order valence-corrected chi connectivity index (χ0v) is 9.71. The number of aromatic nitrogens is 1. The average molecular weight is 236 g/mol. The molecule has 2 rings (SSSR count). The fourth-order valence-electron chi connectivity index (χ4n) is 1.80. The molecule has 0 unspecified atom stereocenters. The number of benzene rings is 1. The van der Waals surface area contributed by atoms with Crippen LogP contribution < -0.4 is 4.57 Å². The van der Waals surface area contributed by atoms with Crippen LogP contribution >= 0.6 is 0 Å². The van der Waals surface area contributed by atoms with Crippen molar-refractivity contribution in [3.63, 3.8) is 0 Å². The second-order valence-corrected chi connectivity index (χ2v) is 4.01. The Labute approximate surface area is 110 Å². The summed E-state index contributed by atoms with van der Waals surface area (Å²) in [5.74, 6) is -0.405. The quantitative estimate of drug-likeness (QED) is 0.669. The summed E-state index contributed by atoms with van der Waals surface area (Å²) in [6.07, 6.45) is 1.29. The molecule has 88 valence electrons. The SMILES string of the molecule is [2H]C([2H])([2H])c1cc(-c2cccc(F)c2C)[n+](C)cc1C([2H])([2H])[2H]. The van der Waals surface area contributed by atoms with E-state index in [1.165, 1.54) is 29.0 Å².